The molecule has 7 heteroatoms. The van der Waals surface area contributed by atoms with Crippen molar-refractivity contribution in [3.63, 3.8) is 0 Å². The predicted octanol–water partition coefficient (Wildman–Crippen LogP) is 4.23. The SMILES string of the molecule is Cc1cscc1-c1nc(Cl)c2c([N+](=O)[O-])cccc2n1. The maximum absolute atomic E-state index is 11.0. The molecule has 2 heterocycles. The summed E-state index contributed by atoms with van der Waals surface area (Å²) < 4.78 is 0. The molecule has 0 aliphatic heterocycles. The van der Waals surface area contributed by atoms with Gasteiger partial charge in [-0.2, -0.15) is 11.3 Å². The number of benzene rings is 1. The maximum Gasteiger partial charge on any atom is 0.281 e. The van der Waals surface area contributed by atoms with Crippen molar-refractivity contribution in [3.8, 4) is 11.4 Å². The summed E-state index contributed by atoms with van der Waals surface area (Å²) in [6, 6.07) is 4.68. The molecule has 0 spiro atoms. The lowest BCUT2D eigenvalue weighted by molar-refractivity contribution is -0.383. The molecule has 0 aliphatic rings. The van der Waals surface area contributed by atoms with Crippen LogP contribution >= 0.6 is 22.9 Å². The monoisotopic (exact) mass is 305 g/mol. The van der Waals surface area contributed by atoms with Crippen LogP contribution in [-0.2, 0) is 0 Å². The average molecular weight is 306 g/mol. The molecule has 3 rings (SSSR count). The van der Waals surface area contributed by atoms with Crippen LogP contribution in [0.1, 0.15) is 5.56 Å². The second kappa shape index (κ2) is 4.81. The molecule has 0 atom stereocenters. The van der Waals surface area contributed by atoms with Gasteiger partial charge >= 0.3 is 0 Å². The summed E-state index contributed by atoms with van der Waals surface area (Å²) in [6.45, 7) is 1.96. The minimum atomic E-state index is -0.479. The largest absolute Gasteiger partial charge is 0.281 e. The van der Waals surface area contributed by atoms with E-state index in [9.17, 15) is 10.1 Å². The number of thiophene rings is 1. The van der Waals surface area contributed by atoms with Crippen molar-refractivity contribution < 1.29 is 4.92 Å². The van der Waals surface area contributed by atoms with E-state index in [1.807, 2.05) is 17.7 Å². The molecule has 1 aromatic carbocycles. The molecule has 0 radical (unpaired) electrons. The third kappa shape index (κ3) is 2.03. The van der Waals surface area contributed by atoms with Gasteiger partial charge in [-0.25, -0.2) is 9.97 Å². The Labute approximate surface area is 123 Å². The number of non-ortho nitro benzene ring substituents is 1. The number of aromatic nitrogens is 2. The van der Waals surface area contributed by atoms with Crippen LogP contribution < -0.4 is 0 Å². The van der Waals surface area contributed by atoms with Crippen LogP contribution in [0.15, 0.2) is 29.0 Å². The maximum atomic E-state index is 11.0. The van der Waals surface area contributed by atoms with Crippen LogP contribution in [0.25, 0.3) is 22.3 Å². The zero-order chi connectivity index (χ0) is 14.3. The van der Waals surface area contributed by atoms with E-state index in [2.05, 4.69) is 9.97 Å². The van der Waals surface area contributed by atoms with E-state index in [1.165, 1.54) is 6.07 Å². The first-order valence-corrected chi connectivity index (χ1v) is 7.04. The van der Waals surface area contributed by atoms with E-state index in [1.54, 1.807) is 23.5 Å². The van der Waals surface area contributed by atoms with Crippen molar-refractivity contribution in [3.05, 3.63) is 49.8 Å². The summed E-state index contributed by atoms with van der Waals surface area (Å²) >= 11 is 7.68. The number of aryl methyl sites for hydroxylation is 1. The Kier molecular flexibility index (Phi) is 3.11. The normalized spacial score (nSPS) is 10.9. The van der Waals surface area contributed by atoms with Gasteiger partial charge in [0.2, 0.25) is 0 Å². The highest BCUT2D eigenvalue weighted by molar-refractivity contribution is 7.08. The van der Waals surface area contributed by atoms with Crippen molar-refractivity contribution in [2.75, 3.05) is 0 Å². The van der Waals surface area contributed by atoms with Gasteiger partial charge in [0.1, 0.15) is 10.5 Å². The van der Waals surface area contributed by atoms with E-state index < -0.39 is 4.92 Å². The van der Waals surface area contributed by atoms with Gasteiger partial charge in [0.05, 0.1) is 10.4 Å². The first-order chi connectivity index (χ1) is 9.58. The molecule has 0 unspecified atom stereocenters. The Balaban J connectivity index is 2.32. The first kappa shape index (κ1) is 13.0. The van der Waals surface area contributed by atoms with Gasteiger partial charge in [-0.15, -0.1) is 0 Å². The fraction of sp³-hybridized carbons (Fsp3) is 0.0769. The second-order valence-corrected chi connectivity index (χ2v) is 5.34. The average Bonchev–Trinajstić information content (AvgIpc) is 2.84. The summed E-state index contributed by atoms with van der Waals surface area (Å²) in [4.78, 5) is 19.1. The van der Waals surface area contributed by atoms with E-state index in [-0.39, 0.29) is 16.2 Å². The molecule has 0 bridgehead atoms. The van der Waals surface area contributed by atoms with Crippen LogP contribution in [0.2, 0.25) is 5.15 Å². The van der Waals surface area contributed by atoms with Gasteiger partial charge in [-0.3, -0.25) is 10.1 Å². The van der Waals surface area contributed by atoms with Gasteiger partial charge in [0.25, 0.3) is 5.69 Å². The van der Waals surface area contributed by atoms with E-state index in [4.69, 9.17) is 11.6 Å². The van der Waals surface area contributed by atoms with Crippen molar-refractivity contribution in [1.82, 2.24) is 9.97 Å². The standard InChI is InChI=1S/C13H8ClN3O2S/c1-7-5-20-6-8(7)13-15-9-3-2-4-10(17(18)19)11(9)12(14)16-13/h2-6H,1H3. The zero-order valence-corrected chi connectivity index (χ0v) is 11.9. The van der Waals surface area contributed by atoms with Crippen LogP contribution in [0.4, 0.5) is 5.69 Å². The van der Waals surface area contributed by atoms with Gasteiger partial charge in [0, 0.05) is 17.0 Å². The van der Waals surface area contributed by atoms with E-state index in [0.717, 1.165) is 11.1 Å². The number of halogens is 1. The highest BCUT2D eigenvalue weighted by atomic mass is 35.5. The number of hydrogen-bond acceptors (Lipinski definition) is 5. The summed E-state index contributed by atoms with van der Waals surface area (Å²) in [5.41, 5.74) is 2.34. The predicted molar refractivity (Wildman–Crippen MR) is 79.3 cm³/mol. The molecule has 2 aromatic heterocycles. The lowest BCUT2D eigenvalue weighted by Gasteiger charge is -2.04. The van der Waals surface area contributed by atoms with Gasteiger partial charge in [-0.05, 0) is 23.9 Å². The Bertz CT molecular complexity index is 832. The van der Waals surface area contributed by atoms with Crippen LogP contribution in [-0.4, -0.2) is 14.9 Å². The Hall–Kier alpha value is -2.05. The Morgan fingerprint density at radius 3 is 2.75 bits per heavy atom. The molecule has 0 N–H and O–H groups in total. The smallest absolute Gasteiger partial charge is 0.258 e. The minimum Gasteiger partial charge on any atom is -0.258 e. The molecule has 0 fully saturated rings. The molecular formula is C13H8ClN3O2S. The van der Waals surface area contributed by atoms with Gasteiger partial charge in [-0.1, -0.05) is 17.7 Å². The highest BCUT2D eigenvalue weighted by Crippen LogP contribution is 2.33. The second-order valence-electron chi connectivity index (χ2n) is 4.23. The quantitative estimate of drug-likeness (QED) is 0.403. The number of fused-ring (bicyclic) bond motifs is 1. The zero-order valence-electron chi connectivity index (χ0n) is 10.3. The molecule has 0 aliphatic carbocycles. The van der Waals surface area contributed by atoms with Crippen molar-refractivity contribution >= 4 is 39.5 Å². The number of nitrogens with zero attached hydrogens (tertiary/aromatic N) is 3. The van der Waals surface area contributed by atoms with E-state index >= 15 is 0 Å². The molecule has 0 saturated heterocycles. The van der Waals surface area contributed by atoms with Crippen LogP contribution in [0, 0.1) is 17.0 Å². The van der Waals surface area contributed by atoms with Crippen LogP contribution in [0.5, 0.6) is 0 Å². The molecule has 0 saturated carbocycles. The molecule has 5 nitrogen and oxygen atoms in total. The lowest BCUT2D eigenvalue weighted by atomic mass is 10.2. The number of rotatable bonds is 2. The summed E-state index contributed by atoms with van der Waals surface area (Å²) in [5.74, 6) is 0.488. The summed E-state index contributed by atoms with van der Waals surface area (Å²) in [6.07, 6.45) is 0. The molecule has 3 aromatic rings. The van der Waals surface area contributed by atoms with Crippen molar-refractivity contribution in [2.45, 2.75) is 6.92 Å². The molecule has 100 valence electrons. The summed E-state index contributed by atoms with van der Waals surface area (Å²) in [7, 11) is 0. The third-order valence-corrected chi connectivity index (χ3v) is 4.09. The molecule has 20 heavy (non-hydrogen) atoms. The van der Waals surface area contributed by atoms with Crippen LogP contribution in [0.3, 0.4) is 0 Å². The lowest BCUT2D eigenvalue weighted by Crippen LogP contribution is -1.96. The highest BCUT2D eigenvalue weighted by Gasteiger charge is 2.18. The minimum absolute atomic E-state index is 0.0823. The van der Waals surface area contributed by atoms with Crippen molar-refractivity contribution in [1.29, 1.82) is 0 Å². The Morgan fingerprint density at radius 1 is 1.30 bits per heavy atom. The fourth-order valence-corrected chi connectivity index (χ4v) is 3.08. The van der Waals surface area contributed by atoms with Crippen molar-refractivity contribution in [2.24, 2.45) is 0 Å². The number of nitro groups is 1. The molecular weight excluding hydrogens is 298 g/mol. The fourth-order valence-electron chi connectivity index (χ4n) is 1.98. The van der Waals surface area contributed by atoms with E-state index in [0.29, 0.717) is 11.3 Å². The Morgan fingerprint density at radius 2 is 2.10 bits per heavy atom. The third-order valence-electron chi connectivity index (χ3n) is 2.95. The number of nitro benzene ring substituents is 1. The molecule has 0 amide bonds. The number of hydrogen-bond donors (Lipinski definition) is 0. The van der Waals surface area contributed by atoms with Gasteiger partial charge in [0.15, 0.2) is 5.82 Å². The summed E-state index contributed by atoms with van der Waals surface area (Å²) in [5, 5.41) is 15.3. The topological polar surface area (TPSA) is 68.9 Å². The first-order valence-electron chi connectivity index (χ1n) is 5.71. The van der Waals surface area contributed by atoms with Gasteiger partial charge < -0.3 is 0 Å².